The molecular formula is C25H37N7O2. The molecule has 34 heavy (non-hydrogen) atoms. The Kier molecular flexibility index (Phi) is 9.35. The summed E-state index contributed by atoms with van der Waals surface area (Å²) in [7, 11) is 1.98. The number of amides is 1. The second-order valence-corrected chi connectivity index (χ2v) is 8.52. The lowest BCUT2D eigenvalue weighted by Gasteiger charge is -2.29. The maximum Gasteiger partial charge on any atom is 0.250 e. The molecule has 1 unspecified atom stereocenters. The molecule has 5 N–H and O–H groups in total. The molecule has 2 heterocycles. The third kappa shape index (κ3) is 6.51. The zero-order valence-electron chi connectivity index (χ0n) is 20.4. The smallest absolute Gasteiger partial charge is 0.250 e. The minimum atomic E-state index is -0.437. The Labute approximate surface area is 202 Å². The van der Waals surface area contributed by atoms with Gasteiger partial charge in [0, 0.05) is 31.2 Å². The van der Waals surface area contributed by atoms with E-state index in [9.17, 15) is 4.79 Å². The van der Waals surface area contributed by atoms with E-state index in [1.54, 1.807) is 0 Å². The van der Waals surface area contributed by atoms with Gasteiger partial charge in [-0.15, -0.1) is 0 Å². The Bertz CT molecular complexity index is 958. The number of morpholine rings is 1. The van der Waals surface area contributed by atoms with Crippen molar-refractivity contribution in [3.05, 3.63) is 47.3 Å². The maximum absolute atomic E-state index is 12.4. The molecule has 1 atom stereocenters. The van der Waals surface area contributed by atoms with Crippen LogP contribution in [0.2, 0.25) is 0 Å². The van der Waals surface area contributed by atoms with Gasteiger partial charge in [0.2, 0.25) is 0 Å². The SMILES string of the molecule is CC.CN1CCOC(C(=O)NCc2ccc(C(=N)c3c(N)ncnc3NC3CCCC3)cc2)C1. The number of aromatic nitrogens is 2. The van der Waals surface area contributed by atoms with Crippen LogP contribution in [0, 0.1) is 5.41 Å². The number of hydrogen-bond acceptors (Lipinski definition) is 8. The van der Waals surface area contributed by atoms with E-state index in [4.69, 9.17) is 15.9 Å². The summed E-state index contributed by atoms with van der Waals surface area (Å²) in [5.74, 6) is 0.799. The molecule has 2 aromatic rings. The number of nitrogens with zero attached hydrogens (tertiary/aromatic N) is 3. The van der Waals surface area contributed by atoms with Crippen LogP contribution in [0.3, 0.4) is 0 Å². The summed E-state index contributed by atoms with van der Waals surface area (Å²) in [6, 6.07) is 7.89. The predicted octanol–water partition coefficient (Wildman–Crippen LogP) is 2.80. The number of likely N-dealkylation sites (N-methyl/N-ethyl adjacent to an activating group) is 1. The summed E-state index contributed by atoms with van der Waals surface area (Å²) in [4.78, 5) is 22.9. The van der Waals surface area contributed by atoms with E-state index in [1.165, 1.54) is 19.2 Å². The summed E-state index contributed by atoms with van der Waals surface area (Å²) in [5.41, 5.74) is 8.59. The molecule has 1 amide bonds. The van der Waals surface area contributed by atoms with Crippen LogP contribution in [0.4, 0.5) is 11.6 Å². The fraction of sp³-hybridized carbons (Fsp3) is 0.520. The standard InChI is InChI=1S/C23H31N7O2.C2H6/c1-30-10-11-32-18(13-30)23(31)26-12-15-6-8-16(9-7-15)20(24)19-21(25)27-14-28-22(19)29-17-4-2-3-5-17;1-2/h6-9,14,17-18,24H,2-5,10-13H2,1H3,(H,26,31)(H3,25,27,28,29);1-2H3. The topological polar surface area (TPSA) is 129 Å². The molecule has 9 heteroatoms. The van der Waals surface area contributed by atoms with Crippen molar-refractivity contribution in [3.63, 3.8) is 0 Å². The molecule has 1 saturated heterocycles. The fourth-order valence-corrected chi connectivity index (χ4v) is 4.19. The molecule has 2 fully saturated rings. The number of nitrogen functional groups attached to an aromatic ring is 1. The highest BCUT2D eigenvalue weighted by molar-refractivity contribution is 6.16. The second-order valence-electron chi connectivity index (χ2n) is 8.52. The van der Waals surface area contributed by atoms with Crippen molar-refractivity contribution in [1.82, 2.24) is 20.2 Å². The number of anilines is 2. The van der Waals surface area contributed by atoms with Gasteiger partial charge < -0.3 is 26.0 Å². The van der Waals surface area contributed by atoms with Crippen LogP contribution in [0.1, 0.15) is 56.2 Å². The van der Waals surface area contributed by atoms with E-state index in [1.807, 2.05) is 45.2 Å². The third-order valence-electron chi connectivity index (χ3n) is 6.09. The van der Waals surface area contributed by atoms with E-state index < -0.39 is 6.10 Å². The van der Waals surface area contributed by atoms with Crippen molar-refractivity contribution in [3.8, 4) is 0 Å². The van der Waals surface area contributed by atoms with Gasteiger partial charge in [-0.1, -0.05) is 51.0 Å². The molecule has 1 aliphatic heterocycles. The molecule has 2 aliphatic rings. The Morgan fingerprint density at radius 3 is 2.59 bits per heavy atom. The van der Waals surface area contributed by atoms with Crippen molar-refractivity contribution in [2.75, 3.05) is 37.8 Å². The molecule has 9 nitrogen and oxygen atoms in total. The van der Waals surface area contributed by atoms with Gasteiger partial charge in [-0.05, 0) is 25.5 Å². The molecule has 4 rings (SSSR count). The minimum Gasteiger partial charge on any atom is -0.383 e. The molecule has 0 bridgehead atoms. The number of carbonyl (C=O) groups excluding carboxylic acids is 1. The zero-order chi connectivity index (χ0) is 24.5. The monoisotopic (exact) mass is 467 g/mol. The number of nitrogens with one attached hydrogen (secondary N) is 3. The molecular weight excluding hydrogens is 430 g/mol. The first-order valence-electron chi connectivity index (χ1n) is 12.1. The van der Waals surface area contributed by atoms with Gasteiger partial charge in [0.05, 0.1) is 17.9 Å². The van der Waals surface area contributed by atoms with Crippen molar-refractivity contribution in [2.45, 2.75) is 58.2 Å². The predicted molar refractivity (Wildman–Crippen MR) is 135 cm³/mol. The number of nitrogens with two attached hydrogens (primary N) is 1. The Morgan fingerprint density at radius 1 is 1.21 bits per heavy atom. The van der Waals surface area contributed by atoms with Crippen molar-refractivity contribution in [2.24, 2.45) is 0 Å². The van der Waals surface area contributed by atoms with Gasteiger partial charge in [0.15, 0.2) is 0 Å². The lowest BCUT2D eigenvalue weighted by atomic mass is 10.0. The number of carbonyl (C=O) groups is 1. The normalized spacial score (nSPS) is 18.6. The highest BCUT2D eigenvalue weighted by Gasteiger charge is 2.24. The van der Waals surface area contributed by atoms with Gasteiger partial charge in [0.1, 0.15) is 24.1 Å². The summed E-state index contributed by atoms with van der Waals surface area (Å²) in [5, 5.41) is 15.1. The van der Waals surface area contributed by atoms with Crippen LogP contribution in [0.15, 0.2) is 30.6 Å². The Hall–Kier alpha value is -3.04. The average Bonchev–Trinajstić information content (AvgIpc) is 3.37. The van der Waals surface area contributed by atoms with E-state index in [-0.39, 0.29) is 11.6 Å². The summed E-state index contributed by atoms with van der Waals surface area (Å²) < 4.78 is 5.56. The molecule has 1 aromatic heterocycles. The van der Waals surface area contributed by atoms with Crippen LogP contribution in [-0.4, -0.2) is 65.4 Å². The lowest BCUT2D eigenvalue weighted by Crippen LogP contribution is -2.48. The molecule has 1 saturated carbocycles. The van der Waals surface area contributed by atoms with Crippen molar-refractivity contribution >= 4 is 23.3 Å². The molecule has 0 spiro atoms. The van der Waals surface area contributed by atoms with Gasteiger partial charge in [-0.25, -0.2) is 9.97 Å². The Balaban J connectivity index is 0.00000158. The maximum atomic E-state index is 12.4. The quantitative estimate of drug-likeness (QED) is 0.461. The summed E-state index contributed by atoms with van der Waals surface area (Å²) in [6.07, 6.45) is 5.59. The van der Waals surface area contributed by atoms with Crippen LogP contribution >= 0.6 is 0 Å². The lowest BCUT2D eigenvalue weighted by molar-refractivity contribution is -0.138. The number of rotatable bonds is 7. The van der Waals surface area contributed by atoms with Crippen molar-refractivity contribution in [1.29, 1.82) is 5.41 Å². The first-order chi connectivity index (χ1) is 16.5. The zero-order valence-corrected chi connectivity index (χ0v) is 20.4. The van der Waals surface area contributed by atoms with Crippen LogP contribution < -0.4 is 16.4 Å². The Morgan fingerprint density at radius 2 is 1.91 bits per heavy atom. The third-order valence-corrected chi connectivity index (χ3v) is 6.09. The van der Waals surface area contributed by atoms with Gasteiger partial charge in [-0.3, -0.25) is 10.2 Å². The average molecular weight is 468 g/mol. The van der Waals surface area contributed by atoms with Crippen molar-refractivity contribution < 1.29 is 9.53 Å². The number of hydrogen-bond donors (Lipinski definition) is 4. The van der Waals surface area contributed by atoms with E-state index in [0.717, 1.165) is 24.9 Å². The minimum absolute atomic E-state index is 0.106. The van der Waals surface area contributed by atoms with Crippen LogP contribution in [-0.2, 0) is 16.1 Å². The highest BCUT2D eigenvalue weighted by atomic mass is 16.5. The van der Waals surface area contributed by atoms with E-state index >= 15 is 0 Å². The summed E-state index contributed by atoms with van der Waals surface area (Å²) >= 11 is 0. The first-order valence-corrected chi connectivity index (χ1v) is 12.1. The first kappa shape index (κ1) is 25.6. The molecule has 1 aliphatic carbocycles. The van der Waals surface area contributed by atoms with E-state index in [2.05, 4.69) is 25.5 Å². The number of benzene rings is 1. The van der Waals surface area contributed by atoms with Gasteiger partial charge >= 0.3 is 0 Å². The van der Waals surface area contributed by atoms with Crippen LogP contribution in [0.25, 0.3) is 0 Å². The molecule has 0 radical (unpaired) electrons. The van der Waals surface area contributed by atoms with Crippen LogP contribution in [0.5, 0.6) is 0 Å². The van der Waals surface area contributed by atoms with Gasteiger partial charge in [0.25, 0.3) is 5.91 Å². The molecule has 1 aromatic carbocycles. The highest BCUT2D eigenvalue weighted by Crippen LogP contribution is 2.26. The fourth-order valence-electron chi connectivity index (χ4n) is 4.19. The summed E-state index contributed by atoms with van der Waals surface area (Å²) in [6.45, 7) is 6.40. The second kappa shape index (κ2) is 12.4. The molecule has 184 valence electrons. The largest absolute Gasteiger partial charge is 0.383 e. The van der Waals surface area contributed by atoms with Gasteiger partial charge in [-0.2, -0.15) is 0 Å². The van der Waals surface area contributed by atoms with E-state index in [0.29, 0.717) is 48.5 Å². The number of ether oxygens (including phenoxy) is 1.